The Kier molecular flexibility index (Phi) is 18.6. The third-order valence-electron chi connectivity index (χ3n) is 8.18. The largest absolute Gasteiger partial charge is 0.394 e. The van der Waals surface area contributed by atoms with E-state index in [1.807, 2.05) is 0 Å². The van der Waals surface area contributed by atoms with Gasteiger partial charge in [-0.05, 0) is 12.8 Å². The molecule has 5 N–H and O–H groups in total. The van der Waals surface area contributed by atoms with Crippen LogP contribution in [0.2, 0.25) is 0 Å². The quantitative estimate of drug-likeness (QED) is 0.104. The molecule has 6 heteroatoms. The van der Waals surface area contributed by atoms with Gasteiger partial charge in [-0.2, -0.15) is 0 Å². The van der Waals surface area contributed by atoms with Crippen LogP contribution in [0.1, 0.15) is 155 Å². The molecule has 36 heavy (non-hydrogen) atoms. The average molecular weight is 517 g/mol. The van der Waals surface area contributed by atoms with Gasteiger partial charge < -0.3 is 30.3 Å². The molecule has 1 aliphatic rings. The number of unbranched alkanes of at least 4 members (excludes halogenated alkanes) is 18. The summed E-state index contributed by atoms with van der Waals surface area (Å²) in [4.78, 5) is 0. The molecule has 0 radical (unpaired) electrons. The predicted octanol–water partition coefficient (Wildman–Crippen LogP) is 6.14. The molecule has 216 valence electrons. The maximum absolute atomic E-state index is 11.4. The van der Waals surface area contributed by atoms with Crippen LogP contribution in [0.5, 0.6) is 0 Å². The summed E-state index contributed by atoms with van der Waals surface area (Å²) in [5, 5.41) is 53.6. The second-order valence-corrected chi connectivity index (χ2v) is 11.3. The average Bonchev–Trinajstić information content (AvgIpc) is 2.87. The van der Waals surface area contributed by atoms with Crippen molar-refractivity contribution in [1.29, 1.82) is 0 Å². The molecule has 0 spiro atoms. The molecule has 1 aliphatic heterocycles. The van der Waals surface area contributed by atoms with Gasteiger partial charge in [0.1, 0.15) is 23.9 Å². The van der Waals surface area contributed by atoms with Gasteiger partial charge in [0, 0.05) is 6.42 Å². The molecule has 1 unspecified atom stereocenters. The topological polar surface area (TPSA) is 110 Å². The van der Waals surface area contributed by atoms with Crippen LogP contribution >= 0.6 is 0 Å². The van der Waals surface area contributed by atoms with Crippen LogP contribution in [0.3, 0.4) is 0 Å². The fourth-order valence-electron chi connectivity index (χ4n) is 5.64. The molecule has 0 amide bonds. The van der Waals surface area contributed by atoms with Crippen molar-refractivity contribution in [3.05, 3.63) is 0 Å². The van der Waals surface area contributed by atoms with Crippen molar-refractivity contribution in [3.8, 4) is 0 Å². The summed E-state index contributed by atoms with van der Waals surface area (Å²) in [6.07, 6.45) is 19.2. The lowest BCUT2D eigenvalue weighted by atomic mass is 9.74. The Balaban J connectivity index is 2.45. The lowest BCUT2D eigenvalue weighted by Gasteiger charge is -2.53. The highest BCUT2D eigenvalue weighted by atomic mass is 16.7. The Morgan fingerprint density at radius 1 is 0.556 bits per heavy atom. The molecule has 0 saturated carbocycles. The molecule has 1 rings (SSSR count). The maximum Gasteiger partial charge on any atom is 0.198 e. The van der Waals surface area contributed by atoms with Crippen molar-refractivity contribution in [2.24, 2.45) is 0 Å². The molecule has 0 bridgehead atoms. The van der Waals surface area contributed by atoms with Gasteiger partial charge in [0.15, 0.2) is 5.79 Å². The van der Waals surface area contributed by atoms with Crippen LogP contribution in [0.15, 0.2) is 0 Å². The van der Waals surface area contributed by atoms with Gasteiger partial charge in [-0.1, -0.05) is 136 Å². The van der Waals surface area contributed by atoms with E-state index in [0.29, 0.717) is 12.8 Å². The number of rotatable bonds is 23. The standard InChI is InChI=1S/C30H60O6/c1-3-5-7-9-11-13-15-17-19-21-23-29(34)28(33)27(32)26(25-31)36-30(29,35)24-22-20-18-16-14-12-10-8-6-4-2/h26-28,31-35H,3-25H2,1-2H3/t26-,27-,28+,29-,30?/m1/s1. The Morgan fingerprint density at radius 2 is 0.917 bits per heavy atom. The van der Waals surface area contributed by atoms with Gasteiger partial charge in [0.25, 0.3) is 0 Å². The van der Waals surface area contributed by atoms with E-state index < -0.39 is 36.3 Å². The minimum Gasteiger partial charge on any atom is -0.394 e. The summed E-state index contributed by atoms with van der Waals surface area (Å²) in [5.41, 5.74) is -1.95. The van der Waals surface area contributed by atoms with Crippen molar-refractivity contribution in [2.45, 2.75) is 185 Å². The summed E-state index contributed by atoms with van der Waals surface area (Å²) in [5.74, 6) is -1.97. The normalized spacial score (nSPS) is 28.6. The summed E-state index contributed by atoms with van der Waals surface area (Å²) < 4.78 is 5.69. The lowest BCUT2D eigenvalue weighted by Crippen LogP contribution is -2.73. The fraction of sp³-hybridized carbons (Fsp3) is 1.00. The second kappa shape index (κ2) is 19.8. The van der Waals surface area contributed by atoms with Crippen LogP contribution in [0, 0.1) is 0 Å². The molecule has 0 aromatic carbocycles. The number of ether oxygens (including phenoxy) is 1. The fourth-order valence-corrected chi connectivity index (χ4v) is 5.64. The van der Waals surface area contributed by atoms with E-state index in [1.54, 1.807) is 0 Å². The zero-order chi connectivity index (χ0) is 26.7. The summed E-state index contributed by atoms with van der Waals surface area (Å²) >= 11 is 0. The molecule has 5 atom stereocenters. The first kappa shape index (κ1) is 33.8. The molecule has 0 aromatic heterocycles. The minimum atomic E-state index is -1.97. The first-order valence-electron chi connectivity index (χ1n) is 15.5. The van der Waals surface area contributed by atoms with E-state index in [4.69, 9.17) is 4.74 Å². The Hall–Kier alpha value is -0.240. The minimum absolute atomic E-state index is 0.161. The van der Waals surface area contributed by atoms with E-state index >= 15 is 0 Å². The van der Waals surface area contributed by atoms with Crippen molar-refractivity contribution in [2.75, 3.05) is 6.61 Å². The SMILES string of the molecule is CCCCCCCCCCCCC1(O)O[C@H](CO)[C@@H](O)[C@H](O)[C@]1(O)CCCCCCCCCCCC. The van der Waals surface area contributed by atoms with Crippen LogP contribution < -0.4 is 0 Å². The molecule has 0 aromatic rings. The van der Waals surface area contributed by atoms with Gasteiger partial charge >= 0.3 is 0 Å². The van der Waals surface area contributed by atoms with Gasteiger partial charge in [0.2, 0.25) is 0 Å². The number of hydrogen-bond acceptors (Lipinski definition) is 6. The number of aliphatic hydroxyl groups is 5. The van der Waals surface area contributed by atoms with Crippen molar-refractivity contribution in [3.63, 3.8) is 0 Å². The number of hydrogen-bond donors (Lipinski definition) is 5. The number of aliphatic hydroxyl groups excluding tert-OH is 3. The van der Waals surface area contributed by atoms with E-state index in [0.717, 1.165) is 38.5 Å². The van der Waals surface area contributed by atoms with Crippen LogP contribution in [0.4, 0.5) is 0 Å². The van der Waals surface area contributed by atoms with Crippen LogP contribution in [-0.2, 0) is 4.74 Å². The summed E-state index contributed by atoms with van der Waals surface area (Å²) in [7, 11) is 0. The lowest BCUT2D eigenvalue weighted by molar-refractivity contribution is -0.392. The molecule has 1 saturated heterocycles. The van der Waals surface area contributed by atoms with Gasteiger partial charge in [-0.25, -0.2) is 0 Å². The smallest absolute Gasteiger partial charge is 0.198 e. The molecular formula is C30H60O6. The zero-order valence-corrected chi connectivity index (χ0v) is 23.6. The highest BCUT2D eigenvalue weighted by Crippen LogP contribution is 2.43. The summed E-state index contributed by atoms with van der Waals surface area (Å²) in [6.45, 7) is 3.93. The third kappa shape index (κ3) is 11.7. The van der Waals surface area contributed by atoms with Gasteiger partial charge in [-0.3, -0.25) is 0 Å². The Bertz CT molecular complexity index is 518. The second-order valence-electron chi connectivity index (χ2n) is 11.3. The first-order chi connectivity index (χ1) is 17.4. The molecule has 0 aliphatic carbocycles. The first-order valence-corrected chi connectivity index (χ1v) is 15.5. The van der Waals surface area contributed by atoms with Crippen LogP contribution in [-0.4, -0.2) is 61.8 Å². The highest BCUT2D eigenvalue weighted by molar-refractivity contribution is 5.07. The van der Waals surface area contributed by atoms with E-state index in [9.17, 15) is 25.5 Å². The van der Waals surface area contributed by atoms with Gasteiger partial charge in [-0.15, -0.1) is 0 Å². The molecule has 1 fully saturated rings. The molecule has 6 nitrogen and oxygen atoms in total. The molecule has 1 heterocycles. The van der Waals surface area contributed by atoms with Crippen molar-refractivity contribution in [1.82, 2.24) is 0 Å². The van der Waals surface area contributed by atoms with Crippen molar-refractivity contribution >= 4 is 0 Å². The zero-order valence-electron chi connectivity index (χ0n) is 23.6. The third-order valence-corrected chi connectivity index (χ3v) is 8.18. The van der Waals surface area contributed by atoms with E-state index in [2.05, 4.69) is 13.8 Å². The van der Waals surface area contributed by atoms with E-state index in [1.165, 1.54) is 77.0 Å². The van der Waals surface area contributed by atoms with E-state index in [-0.39, 0.29) is 12.8 Å². The molecular weight excluding hydrogens is 456 g/mol. The monoisotopic (exact) mass is 516 g/mol. The van der Waals surface area contributed by atoms with Gasteiger partial charge in [0.05, 0.1) is 6.61 Å². The van der Waals surface area contributed by atoms with Crippen molar-refractivity contribution < 1.29 is 30.3 Å². The van der Waals surface area contributed by atoms with Crippen LogP contribution in [0.25, 0.3) is 0 Å². The maximum atomic E-state index is 11.4. The predicted molar refractivity (Wildman–Crippen MR) is 147 cm³/mol. The highest BCUT2D eigenvalue weighted by Gasteiger charge is 2.62. The Morgan fingerprint density at radius 3 is 1.31 bits per heavy atom. The Labute approximate surface area is 221 Å². The summed E-state index contributed by atoms with van der Waals surface area (Å²) in [6, 6.07) is 0.